The highest BCUT2D eigenvalue weighted by atomic mass is 16.4. The summed E-state index contributed by atoms with van der Waals surface area (Å²) in [5, 5.41) is 13.1. The molecule has 0 spiro atoms. The summed E-state index contributed by atoms with van der Waals surface area (Å²) >= 11 is 0. The number of rotatable bonds is 2. The predicted molar refractivity (Wildman–Crippen MR) is 98.9 cm³/mol. The van der Waals surface area contributed by atoms with Crippen LogP contribution in [0, 0.1) is 0 Å². The molecule has 0 unspecified atom stereocenters. The van der Waals surface area contributed by atoms with Crippen molar-refractivity contribution >= 4 is 11.9 Å². The van der Waals surface area contributed by atoms with E-state index in [9.17, 15) is 9.59 Å². The van der Waals surface area contributed by atoms with E-state index in [1.165, 1.54) is 24.5 Å². The average Bonchev–Trinajstić information content (AvgIpc) is 3.50. The zero-order chi connectivity index (χ0) is 33.7. The molecule has 0 radical (unpaired) electrons. The van der Waals surface area contributed by atoms with Crippen LogP contribution in [-0.4, -0.2) is 73.9 Å². The molecule has 148 valence electrons. The number of carboxylic acids is 1. The Kier molecular flexibility index (Phi) is 3.43. The summed E-state index contributed by atoms with van der Waals surface area (Å²) in [5.74, 6) is -2.76. The molecule has 0 saturated carbocycles. The Morgan fingerprint density at radius 3 is 1.78 bits per heavy atom. The van der Waals surface area contributed by atoms with Crippen molar-refractivity contribution in [3.8, 4) is 0 Å². The second-order valence-electron chi connectivity index (χ2n) is 4.25. The van der Waals surface area contributed by atoms with E-state index in [0.717, 1.165) is 12.3 Å². The first kappa shape index (κ1) is 7.78. The van der Waals surface area contributed by atoms with E-state index in [-0.39, 0.29) is 10.7 Å². The summed E-state index contributed by atoms with van der Waals surface area (Å²) in [5.41, 5.74) is 0. The van der Waals surface area contributed by atoms with Gasteiger partial charge in [-0.25, -0.2) is 4.79 Å². The Balaban J connectivity index is 0.000000251. The molecule has 4 rings (SSSR count). The summed E-state index contributed by atoms with van der Waals surface area (Å²) in [6.45, 7) is -23.0. The van der Waals surface area contributed by atoms with Gasteiger partial charge < -0.3 is 34.8 Å². The number of carbonyl (C=O) groups excluding carboxylic acids is 1. The molecule has 2 fully saturated rings. The van der Waals surface area contributed by atoms with Crippen LogP contribution in [0.4, 0.5) is 0 Å². The molecule has 27 heavy (non-hydrogen) atoms. The molecule has 0 bridgehead atoms. The van der Waals surface area contributed by atoms with Gasteiger partial charge in [0.05, 0.1) is 18.0 Å². The molecule has 2 saturated heterocycles. The highest BCUT2D eigenvalue weighted by Crippen LogP contribution is 2.06. The summed E-state index contributed by atoms with van der Waals surface area (Å²) in [7, 11) is 0. The number of amides is 1. The second kappa shape index (κ2) is 11.9. The van der Waals surface area contributed by atoms with Crippen molar-refractivity contribution in [3.05, 3.63) is 48.3 Å². The lowest BCUT2D eigenvalue weighted by atomic mass is 10.3. The largest absolute Gasteiger partial charge is 0.475 e. The summed E-state index contributed by atoms with van der Waals surface area (Å²) in [6.07, 6.45) is 2.44. The first-order valence-electron chi connectivity index (χ1n) is 15.1. The molecule has 9 heteroatoms. The van der Waals surface area contributed by atoms with Crippen LogP contribution in [-0.2, 0) is 0 Å². The van der Waals surface area contributed by atoms with Crippen LogP contribution in [0.5, 0.6) is 0 Å². The van der Waals surface area contributed by atoms with Crippen molar-refractivity contribution < 1.29 is 45.5 Å². The topological polar surface area (TPSA) is 120 Å². The van der Waals surface area contributed by atoms with Gasteiger partial charge in [0.15, 0.2) is 5.76 Å². The van der Waals surface area contributed by atoms with Gasteiger partial charge in [-0.2, -0.15) is 0 Å². The number of carboxylic acid groups (broad SMARTS) is 1. The normalized spacial score (nSPS) is 40.1. The van der Waals surface area contributed by atoms with Gasteiger partial charge in [-0.1, -0.05) is 0 Å². The molecule has 0 atom stereocenters. The molecule has 4 N–H and O–H groups in total. The number of piperazine rings is 2. The van der Waals surface area contributed by atoms with Crippen molar-refractivity contribution in [3.63, 3.8) is 0 Å². The van der Waals surface area contributed by atoms with E-state index in [0.29, 0.717) is 0 Å². The van der Waals surface area contributed by atoms with Crippen LogP contribution >= 0.6 is 0 Å². The number of aromatic carboxylic acids is 1. The zero-order valence-electron chi connectivity index (χ0n) is 29.5. The summed E-state index contributed by atoms with van der Waals surface area (Å²) in [6, 6.07) is 5.40. The molecule has 0 aromatic carbocycles. The molecule has 2 aromatic heterocycles. The molecular weight excluding hydrogens is 352 g/mol. The van der Waals surface area contributed by atoms with Crippen LogP contribution in [0.25, 0.3) is 0 Å². The highest BCUT2D eigenvalue weighted by molar-refractivity contribution is 5.91. The number of carbonyl (C=O) groups is 2. The molecule has 2 aliphatic rings. The summed E-state index contributed by atoms with van der Waals surface area (Å²) < 4.78 is 128. The Labute approximate surface area is 180 Å². The monoisotopic (exact) mass is 394 g/mol. The third-order valence-electron chi connectivity index (χ3n) is 2.50. The minimum atomic E-state index is -3.15. The predicted octanol–water partition coefficient (Wildman–Crippen LogP) is 0.482. The van der Waals surface area contributed by atoms with Crippen molar-refractivity contribution in [1.29, 1.82) is 0 Å². The number of nitrogens with one attached hydrogen (secondary N) is 3. The minimum absolute atomic E-state index is 0.0231. The summed E-state index contributed by atoms with van der Waals surface area (Å²) in [4.78, 5) is 22.1. The Hall–Kier alpha value is -2.62. The smallest absolute Gasteiger partial charge is 0.371 e. The van der Waals surface area contributed by atoms with Crippen molar-refractivity contribution in [1.82, 2.24) is 20.9 Å². The van der Waals surface area contributed by atoms with Crippen molar-refractivity contribution in [2.24, 2.45) is 0 Å². The molecule has 2 aliphatic heterocycles. The van der Waals surface area contributed by atoms with E-state index in [2.05, 4.69) is 4.42 Å². The lowest BCUT2D eigenvalue weighted by molar-refractivity contribution is 0.0661. The Morgan fingerprint density at radius 1 is 0.889 bits per heavy atom. The maximum Gasteiger partial charge on any atom is 0.371 e. The van der Waals surface area contributed by atoms with Crippen LogP contribution in [0.15, 0.2) is 45.6 Å². The number of nitrogens with zero attached hydrogens (tertiary/aromatic N) is 1. The van der Waals surface area contributed by atoms with Crippen LogP contribution in [0.1, 0.15) is 43.0 Å². The van der Waals surface area contributed by atoms with Gasteiger partial charge in [-0.05, 0) is 24.3 Å². The maximum atomic E-state index is 12.3. The van der Waals surface area contributed by atoms with Gasteiger partial charge in [0, 0.05) is 68.4 Å². The third-order valence-corrected chi connectivity index (χ3v) is 2.50. The number of hydrogen-bond donors (Lipinski definition) is 4. The van der Waals surface area contributed by atoms with Gasteiger partial charge in [-0.15, -0.1) is 0 Å². The van der Waals surface area contributed by atoms with E-state index in [1.807, 2.05) is 0 Å². The van der Waals surface area contributed by atoms with E-state index >= 15 is 0 Å². The van der Waals surface area contributed by atoms with Gasteiger partial charge in [0.25, 0.3) is 5.91 Å². The van der Waals surface area contributed by atoms with Gasteiger partial charge in [0.1, 0.15) is 0 Å². The molecule has 9 nitrogen and oxygen atoms in total. The SMILES string of the molecule is O=C(O)c1ccco1.[2H]C1([2H])NC([2H])([2H])C([2H])([2H])N(C(=O)c2ccco2)C1([2H])[2H].[2H]C1([2H])NC([2H])([2H])C([2H])([2H])NC1([2H])[2H]. The molecule has 2 aromatic rings. The van der Waals surface area contributed by atoms with Gasteiger partial charge in [-0.3, -0.25) is 4.79 Å². The molecule has 4 heterocycles. The standard InChI is InChI=1S/C9H12N2O2.C5H4O3.C4H10N2/c12-9(8-2-1-7-13-8)11-5-3-10-4-6-11;6-5(7)4-2-1-3-8-4;1-2-6-4-3-5-1/h1-2,7,10H,3-6H2;1-3H,(H,6,7);5-6H,1-4H2/i3D2,4D2,5D2,6D2;;1D2,2D2,3D2,4D2. The fourth-order valence-corrected chi connectivity index (χ4v) is 1.43. The number of hydrogen-bond acceptors (Lipinski definition) is 7. The van der Waals surface area contributed by atoms with E-state index in [4.69, 9.17) is 31.5 Å². The minimum Gasteiger partial charge on any atom is -0.475 e. The van der Waals surface area contributed by atoms with Crippen LogP contribution in [0.2, 0.25) is 0 Å². The average molecular weight is 395 g/mol. The van der Waals surface area contributed by atoms with Gasteiger partial charge >= 0.3 is 5.97 Å². The molecule has 0 aliphatic carbocycles. The van der Waals surface area contributed by atoms with E-state index in [1.54, 1.807) is 16.0 Å². The quantitative estimate of drug-likeness (QED) is 0.581. The zero-order valence-corrected chi connectivity index (χ0v) is 13.5. The maximum absolute atomic E-state index is 12.3. The lowest BCUT2D eigenvalue weighted by Gasteiger charge is -2.26. The fraction of sp³-hybridized carbons (Fsp3) is 0.444. The number of furan rings is 2. The first-order valence-corrected chi connectivity index (χ1v) is 7.09. The molecule has 1 amide bonds. The molecular formula is C18H26N4O5. The van der Waals surface area contributed by atoms with Crippen molar-refractivity contribution in [2.45, 2.75) is 0 Å². The van der Waals surface area contributed by atoms with E-state index < -0.39 is 69.6 Å². The first-order chi connectivity index (χ1) is 19.1. The third kappa shape index (κ3) is 7.65. The Bertz CT molecular complexity index is 1210. The van der Waals surface area contributed by atoms with Gasteiger partial charge in [0.2, 0.25) is 5.76 Å². The second-order valence-corrected chi connectivity index (χ2v) is 4.25. The highest BCUT2D eigenvalue weighted by Gasteiger charge is 2.19. The van der Waals surface area contributed by atoms with Crippen molar-refractivity contribution in [2.75, 3.05) is 52.0 Å². The lowest BCUT2D eigenvalue weighted by Crippen LogP contribution is -2.46. The Morgan fingerprint density at radius 2 is 1.37 bits per heavy atom. The fourth-order valence-electron chi connectivity index (χ4n) is 1.43. The van der Waals surface area contributed by atoms with Crippen LogP contribution in [0.3, 0.4) is 0 Å². The van der Waals surface area contributed by atoms with Crippen LogP contribution < -0.4 is 16.0 Å².